The lowest BCUT2D eigenvalue weighted by Gasteiger charge is -1.89. The molecule has 0 bridgehead atoms. The Morgan fingerprint density at radius 1 is 1.44 bits per heavy atom. The molecule has 0 unspecified atom stereocenters. The highest BCUT2D eigenvalue weighted by Gasteiger charge is 1.88. The third-order valence-corrected chi connectivity index (χ3v) is 0.333. The SMILES string of the molecule is COC(=O)OC.N=C=O. The van der Waals surface area contributed by atoms with E-state index in [2.05, 4.69) is 9.47 Å². The second kappa shape index (κ2) is 9.82. The summed E-state index contributed by atoms with van der Waals surface area (Å²) in [5.74, 6) is 0. The first-order valence-corrected chi connectivity index (χ1v) is 1.88. The average molecular weight is 133 g/mol. The Labute approximate surface area is 52.1 Å². The summed E-state index contributed by atoms with van der Waals surface area (Å²) >= 11 is 0. The number of methoxy groups -OCH3 is 2. The third kappa shape index (κ3) is 20.5. The first-order chi connectivity index (χ1) is 4.22. The molecule has 0 amide bonds. The molecule has 0 aromatic carbocycles. The van der Waals surface area contributed by atoms with Crippen molar-refractivity contribution in [2.45, 2.75) is 0 Å². The third-order valence-electron chi connectivity index (χ3n) is 0.333. The number of carbonyl (C=O) groups is 1. The van der Waals surface area contributed by atoms with E-state index < -0.39 is 6.16 Å². The van der Waals surface area contributed by atoms with E-state index >= 15 is 0 Å². The minimum Gasteiger partial charge on any atom is -0.438 e. The largest absolute Gasteiger partial charge is 0.507 e. The quantitative estimate of drug-likeness (QED) is 0.293. The standard InChI is InChI=1S/C3H6O3.CHNO/c1-5-3(4)6-2;2-1-3/h1-2H3;2H. The van der Waals surface area contributed by atoms with E-state index in [0.29, 0.717) is 0 Å². The number of hydrogen-bond acceptors (Lipinski definition) is 5. The Balaban J connectivity index is 0. The van der Waals surface area contributed by atoms with Gasteiger partial charge in [-0.1, -0.05) is 0 Å². The van der Waals surface area contributed by atoms with Gasteiger partial charge in [-0.3, -0.25) is 0 Å². The maximum Gasteiger partial charge on any atom is 0.507 e. The average Bonchev–Trinajstić information content (AvgIpc) is 1.88. The van der Waals surface area contributed by atoms with Crippen LogP contribution in [0.3, 0.4) is 0 Å². The maximum absolute atomic E-state index is 9.74. The molecule has 0 heterocycles. The minimum atomic E-state index is -0.657. The molecular weight excluding hydrogens is 126 g/mol. The molecule has 0 atom stereocenters. The van der Waals surface area contributed by atoms with Crippen molar-refractivity contribution in [3.63, 3.8) is 0 Å². The summed E-state index contributed by atoms with van der Waals surface area (Å²) in [6, 6.07) is 0. The van der Waals surface area contributed by atoms with E-state index in [1.165, 1.54) is 14.2 Å². The van der Waals surface area contributed by atoms with Crippen LogP contribution in [0.4, 0.5) is 4.79 Å². The van der Waals surface area contributed by atoms with Crippen molar-refractivity contribution in [2.24, 2.45) is 0 Å². The Bertz CT molecular complexity index is 99.1. The van der Waals surface area contributed by atoms with Crippen LogP contribution in [-0.4, -0.2) is 26.5 Å². The molecule has 0 saturated heterocycles. The van der Waals surface area contributed by atoms with Crippen LogP contribution in [0.25, 0.3) is 0 Å². The molecular formula is C4H7NO4. The number of hydrogen-bond donors (Lipinski definition) is 1. The van der Waals surface area contributed by atoms with Gasteiger partial charge in [-0.05, 0) is 0 Å². The van der Waals surface area contributed by atoms with E-state index in [-0.39, 0.29) is 0 Å². The fraction of sp³-hybridized carbons (Fsp3) is 0.500. The fourth-order valence-electron chi connectivity index (χ4n) is 0.0833. The summed E-state index contributed by atoms with van der Waals surface area (Å²) in [6.07, 6.45) is 0.0926. The molecule has 52 valence electrons. The van der Waals surface area contributed by atoms with Crippen LogP contribution in [0, 0.1) is 5.41 Å². The maximum atomic E-state index is 9.74. The molecule has 0 aliphatic heterocycles. The van der Waals surface area contributed by atoms with Crippen molar-refractivity contribution < 1.29 is 19.1 Å². The monoisotopic (exact) mass is 133 g/mol. The van der Waals surface area contributed by atoms with Gasteiger partial charge in [0.25, 0.3) is 0 Å². The van der Waals surface area contributed by atoms with Crippen molar-refractivity contribution in [2.75, 3.05) is 14.2 Å². The summed E-state index contributed by atoms with van der Waals surface area (Å²) in [5, 5.41) is 5.40. The van der Waals surface area contributed by atoms with Gasteiger partial charge in [0.05, 0.1) is 14.2 Å². The molecule has 0 spiro atoms. The lowest BCUT2D eigenvalue weighted by molar-refractivity contribution is 0.0924. The van der Waals surface area contributed by atoms with Gasteiger partial charge in [-0.25, -0.2) is 15.0 Å². The van der Waals surface area contributed by atoms with Gasteiger partial charge in [0.2, 0.25) is 6.08 Å². The summed E-state index contributed by atoms with van der Waals surface area (Å²) in [4.78, 5) is 18.1. The zero-order valence-electron chi connectivity index (χ0n) is 5.13. The molecule has 0 aliphatic carbocycles. The van der Waals surface area contributed by atoms with Crippen LogP contribution in [0.5, 0.6) is 0 Å². The number of ether oxygens (including phenoxy) is 2. The lowest BCUT2D eigenvalue weighted by atomic mass is 11.3. The van der Waals surface area contributed by atoms with Crippen LogP contribution in [-0.2, 0) is 14.3 Å². The van der Waals surface area contributed by atoms with Gasteiger partial charge in [0, 0.05) is 0 Å². The van der Waals surface area contributed by atoms with Crippen LogP contribution in [0.15, 0.2) is 0 Å². The molecule has 0 rings (SSSR count). The number of isocyanates is 1. The van der Waals surface area contributed by atoms with Gasteiger partial charge >= 0.3 is 6.16 Å². The van der Waals surface area contributed by atoms with Crippen molar-refractivity contribution in [1.82, 2.24) is 0 Å². The zero-order valence-corrected chi connectivity index (χ0v) is 5.13. The predicted molar refractivity (Wildman–Crippen MR) is 27.8 cm³/mol. The number of carbonyl (C=O) groups excluding carboxylic acids is 2. The van der Waals surface area contributed by atoms with Crippen LogP contribution < -0.4 is 0 Å². The Morgan fingerprint density at radius 2 is 1.67 bits per heavy atom. The molecule has 0 saturated carbocycles. The Kier molecular flexibility index (Phi) is 11.6. The fourth-order valence-corrected chi connectivity index (χ4v) is 0.0833. The van der Waals surface area contributed by atoms with Gasteiger partial charge in [-0.2, -0.15) is 0 Å². The van der Waals surface area contributed by atoms with Crippen molar-refractivity contribution in [3.05, 3.63) is 0 Å². The van der Waals surface area contributed by atoms with Crippen LogP contribution in [0.1, 0.15) is 0 Å². The molecule has 0 aromatic heterocycles. The minimum absolute atomic E-state index is 0.657. The Hall–Kier alpha value is -1.35. The van der Waals surface area contributed by atoms with Crippen LogP contribution >= 0.6 is 0 Å². The molecule has 9 heavy (non-hydrogen) atoms. The number of rotatable bonds is 0. The zero-order chi connectivity index (χ0) is 7.70. The highest BCUT2D eigenvalue weighted by molar-refractivity contribution is 5.59. The molecule has 1 N–H and O–H groups in total. The normalized spacial score (nSPS) is 5.56. The van der Waals surface area contributed by atoms with Crippen molar-refractivity contribution in [1.29, 1.82) is 5.41 Å². The van der Waals surface area contributed by atoms with Gasteiger partial charge in [0.1, 0.15) is 0 Å². The van der Waals surface area contributed by atoms with Crippen molar-refractivity contribution in [3.8, 4) is 0 Å². The summed E-state index contributed by atoms with van der Waals surface area (Å²) in [6.45, 7) is 0. The smallest absolute Gasteiger partial charge is 0.438 e. The topological polar surface area (TPSA) is 76.5 Å². The van der Waals surface area contributed by atoms with E-state index in [1.54, 1.807) is 0 Å². The highest BCUT2D eigenvalue weighted by Crippen LogP contribution is 1.72. The van der Waals surface area contributed by atoms with Crippen molar-refractivity contribution >= 4 is 12.2 Å². The second-order valence-electron chi connectivity index (χ2n) is 0.760. The molecule has 0 fully saturated rings. The molecule has 0 aromatic rings. The van der Waals surface area contributed by atoms with Gasteiger partial charge < -0.3 is 9.47 Å². The van der Waals surface area contributed by atoms with Gasteiger partial charge in [-0.15, -0.1) is 0 Å². The molecule has 0 aliphatic rings. The van der Waals surface area contributed by atoms with Gasteiger partial charge in [0.15, 0.2) is 0 Å². The first-order valence-electron chi connectivity index (χ1n) is 1.88. The summed E-state index contributed by atoms with van der Waals surface area (Å²) < 4.78 is 8.08. The molecule has 5 nitrogen and oxygen atoms in total. The highest BCUT2D eigenvalue weighted by atomic mass is 16.7. The molecule has 0 radical (unpaired) electrons. The van der Waals surface area contributed by atoms with E-state index in [0.717, 1.165) is 6.08 Å². The molecule has 5 heteroatoms. The summed E-state index contributed by atoms with van der Waals surface area (Å²) in [7, 11) is 2.51. The lowest BCUT2D eigenvalue weighted by Crippen LogP contribution is -1.97. The predicted octanol–water partition coefficient (Wildman–Crippen LogP) is 0.300. The van der Waals surface area contributed by atoms with E-state index in [1.807, 2.05) is 0 Å². The van der Waals surface area contributed by atoms with E-state index in [9.17, 15) is 4.79 Å². The second-order valence-corrected chi connectivity index (χ2v) is 0.760. The Morgan fingerprint density at radius 3 is 1.67 bits per heavy atom. The van der Waals surface area contributed by atoms with E-state index in [4.69, 9.17) is 10.2 Å². The van der Waals surface area contributed by atoms with Crippen LogP contribution in [0.2, 0.25) is 0 Å². The first kappa shape index (κ1) is 10.6. The summed E-state index contributed by atoms with van der Waals surface area (Å²) in [5.41, 5.74) is 0. The number of nitrogens with one attached hydrogen (secondary N) is 1.